The highest BCUT2D eigenvalue weighted by atomic mass is 79.9. The van der Waals surface area contributed by atoms with Crippen LogP contribution in [0.2, 0.25) is 0 Å². The minimum Gasteiger partial charge on any atom is -0.486 e. The second-order valence-corrected chi connectivity index (χ2v) is 3.86. The number of halogens is 3. The van der Waals surface area contributed by atoms with Gasteiger partial charge in [-0.2, -0.15) is 0 Å². The van der Waals surface area contributed by atoms with Crippen LogP contribution in [0.3, 0.4) is 0 Å². The minimum atomic E-state index is -2.46. The molecule has 0 saturated carbocycles. The number of alkyl halides is 2. The van der Waals surface area contributed by atoms with E-state index < -0.39 is 13.0 Å². The quantitative estimate of drug-likeness (QED) is 0.899. The van der Waals surface area contributed by atoms with E-state index in [1.807, 2.05) is 12.1 Å². The van der Waals surface area contributed by atoms with E-state index >= 15 is 0 Å². The zero-order chi connectivity index (χ0) is 11.3. The lowest BCUT2D eigenvalue weighted by Crippen LogP contribution is -2.07. The van der Waals surface area contributed by atoms with Crippen LogP contribution in [0.5, 0.6) is 5.75 Å². The van der Waals surface area contributed by atoms with Gasteiger partial charge in [0.05, 0.1) is 4.47 Å². The first-order chi connectivity index (χ1) is 7.13. The molecule has 0 amide bonds. The Morgan fingerprint density at radius 2 is 2.13 bits per heavy atom. The van der Waals surface area contributed by atoms with Crippen LogP contribution in [0.25, 0.3) is 0 Å². The first kappa shape index (κ1) is 12.4. The number of benzene rings is 1. The third-order valence-electron chi connectivity index (χ3n) is 1.79. The fourth-order valence-corrected chi connectivity index (χ4v) is 1.68. The third kappa shape index (κ3) is 4.13. The van der Waals surface area contributed by atoms with Gasteiger partial charge in [0, 0.05) is 0 Å². The van der Waals surface area contributed by atoms with Gasteiger partial charge >= 0.3 is 0 Å². The van der Waals surface area contributed by atoms with E-state index in [0.29, 0.717) is 16.8 Å². The highest BCUT2D eigenvalue weighted by molar-refractivity contribution is 9.10. The van der Waals surface area contributed by atoms with E-state index in [1.54, 1.807) is 6.07 Å². The molecule has 1 aromatic rings. The van der Waals surface area contributed by atoms with Gasteiger partial charge in [-0.15, -0.1) is 0 Å². The van der Waals surface area contributed by atoms with Crippen LogP contribution in [-0.4, -0.2) is 19.6 Å². The maximum atomic E-state index is 11.9. The molecule has 0 aliphatic rings. The van der Waals surface area contributed by atoms with E-state index in [1.165, 1.54) is 0 Å². The normalized spacial score (nSPS) is 10.7. The fourth-order valence-electron chi connectivity index (χ4n) is 1.14. The largest absolute Gasteiger partial charge is 0.486 e. The van der Waals surface area contributed by atoms with E-state index in [2.05, 4.69) is 15.9 Å². The van der Waals surface area contributed by atoms with E-state index in [9.17, 15) is 8.78 Å². The van der Waals surface area contributed by atoms with Gasteiger partial charge in [0.25, 0.3) is 6.43 Å². The van der Waals surface area contributed by atoms with Crippen LogP contribution in [0, 0.1) is 0 Å². The van der Waals surface area contributed by atoms with Crippen LogP contribution >= 0.6 is 15.9 Å². The molecular weight excluding hydrogens is 268 g/mol. The van der Waals surface area contributed by atoms with Crippen molar-refractivity contribution in [3.8, 4) is 5.75 Å². The van der Waals surface area contributed by atoms with Crippen molar-refractivity contribution in [3.63, 3.8) is 0 Å². The predicted octanol–water partition coefficient (Wildman–Crippen LogP) is 2.59. The molecule has 2 N–H and O–H groups in total. The minimum absolute atomic E-state index is 0.427. The second kappa shape index (κ2) is 6.02. The van der Waals surface area contributed by atoms with Crippen molar-refractivity contribution in [2.45, 2.75) is 12.8 Å². The number of hydrogen-bond acceptors (Lipinski definition) is 2. The Kier molecular flexibility index (Phi) is 4.98. The molecule has 0 radical (unpaired) electrons. The molecule has 0 unspecified atom stereocenters. The topological polar surface area (TPSA) is 35.2 Å². The first-order valence-electron chi connectivity index (χ1n) is 4.53. The molecule has 0 aromatic heterocycles. The molecule has 2 nitrogen and oxygen atoms in total. The van der Waals surface area contributed by atoms with Crippen molar-refractivity contribution in [2.24, 2.45) is 5.73 Å². The van der Waals surface area contributed by atoms with Crippen LogP contribution in [0.1, 0.15) is 5.56 Å². The van der Waals surface area contributed by atoms with Crippen molar-refractivity contribution in [1.29, 1.82) is 0 Å². The highest BCUT2D eigenvalue weighted by Gasteiger charge is 2.06. The van der Waals surface area contributed by atoms with Crippen LogP contribution in [0.15, 0.2) is 22.7 Å². The Morgan fingerprint density at radius 1 is 1.40 bits per heavy atom. The molecule has 0 aliphatic heterocycles. The number of hydrogen-bond donors (Lipinski definition) is 1. The van der Waals surface area contributed by atoms with Crippen LogP contribution in [0.4, 0.5) is 8.78 Å². The monoisotopic (exact) mass is 279 g/mol. The first-order valence-corrected chi connectivity index (χ1v) is 5.32. The van der Waals surface area contributed by atoms with E-state index in [-0.39, 0.29) is 0 Å². The molecular formula is C10H12BrF2NO. The molecule has 0 heterocycles. The summed E-state index contributed by atoms with van der Waals surface area (Å²) in [5, 5.41) is 0. The highest BCUT2D eigenvalue weighted by Crippen LogP contribution is 2.26. The Balaban J connectivity index is 2.66. The van der Waals surface area contributed by atoms with Gasteiger partial charge in [0.15, 0.2) is 0 Å². The van der Waals surface area contributed by atoms with Gasteiger partial charge in [0.2, 0.25) is 0 Å². The van der Waals surface area contributed by atoms with Gasteiger partial charge in [-0.25, -0.2) is 8.78 Å². The molecule has 1 rings (SSSR count). The Morgan fingerprint density at radius 3 is 2.67 bits per heavy atom. The summed E-state index contributed by atoms with van der Waals surface area (Å²) in [5.74, 6) is 0.427. The van der Waals surface area contributed by atoms with Gasteiger partial charge in [-0.05, 0) is 46.6 Å². The van der Waals surface area contributed by atoms with Gasteiger partial charge < -0.3 is 10.5 Å². The molecule has 15 heavy (non-hydrogen) atoms. The summed E-state index contributed by atoms with van der Waals surface area (Å²) in [6.45, 7) is -0.0293. The smallest absolute Gasteiger partial charge is 0.272 e. The summed E-state index contributed by atoms with van der Waals surface area (Å²) in [6.07, 6.45) is -1.70. The summed E-state index contributed by atoms with van der Waals surface area (Å²) in [7, 11) is 0. The van der Waals surface area contributed by atoms with Crippen molar-refractivity contribution in [2.75, 3.05) is 13.2 Å². The zero-order valence-electron chi connectivity index (χ0n) is 8.05. The predicted molar refractivity (Wildman–Crippen MR) is 58.4 cm³/mol. The van der Waals surface area contributed by atoms with Crippen molar-refractivity contribution < 1.29 is 13.5 Å². The van der Waals surface area contributed by atoms with Gasteiger partial charge in [-0.3, -0.25) is 0 Å². The van der Waals surface area contributed by atoms with Crippen molar-refractivity contribution in [1.82, 2.24) is 0 Å². The number of ether oxygens (including phenoxy) is 1. The molecule has 0 atom stereocenters. The Bertz CT molecular complexity index is 320. The summed E-state index contributed by atoms with van der Waals surface area (Å²) in [6, 6.07) is 5.31. The van der Waals surface area contributed by atoms with Crippen LogP contribution < -0.4 is 10.5 Å². The molecule has 84 valence electrons. The van der Waals surface area contributed by atoms with Crippen molar-refractivity contribution >= 4 is 15.9 Å². The molecule has 0 bridgehead atoms. The second-order valence-electron chi connectivity index (χ2n) is 3.01. The average Bonchev–Trinajstić information content (AvgIpc) is 2.17. The lowest BCUT2D eigenvalue weighted by Gasteiger charge is -2.08. The molecule has 5 heteroatoms. The van der Waals surface area contributed by atoms with Gasteiger partial charge in [-0.1, -0.05) is 6.07 Å². The lowest BCUT2D eigenvalue weighted by molar-refractivity contribution is 0.0815. The van der Waals surface area contributed by atoms with Gasteiger partial charge in [0.1, 0.15) is 12.4 Å². The lowest BCUT2D eigenvalue weighted by atomic mass is 10.1. The van der Waals surface area contributed by atoms with E-state index in [4.69, 9.17) is 10.5 Å². The molecule has 0 saturated heterocycles. The number of nitrogens with two attached hydrogens (primary N) is 1. The molecule has 0 spiro atoms. The maximum absolute atomic E-state index is 11.9. The molecule has 1 aromatic carbocycles. The summed E-state index contributed by atoms with van der Waals surface area (Å²) in [4.78, 5) is 0. The number of rotatable bonds is 5. The Hall–Kier alpha value is -0.680. The standard InChI is InChI=1S/C10H12BrF2NO/c11-8-5-7(3-4-14)1-2-9(8)15-6-10(12)13/h1-2,5,10H,3-4,6,14H2. The SMILES string of the molecule is NCCc1ccc(OCC(F)F)c(Br)c1. The third-order valence-corrected chi connectivity index (χ3v) is 2.41. The Labute approximate surface area is 95.5 Å². The molecule has 0 aliphatic carbocycles. The summed E-state index contributed by atoms with van der Waals surface area (Å²) < 4.78 is 29.4. The average molecular weight is 280 g/mol. The van der Waals surface area contributed by atoms with Crippen LogP contribution in [-0.2, 0) is 6.42 Å². The summed E-state index contributed by atoms with van der Waals surface area (Å²) in [5.41, 5.74) is 6.45. The fraction of sp³-hybridized carbons (Fsp3) is 0.400. The maximum Gasteiger partial charge on any atom is 0.272 e. The zero-order valence-corrected chi connectivity index (χ0v) is 9.64. The summed E-state index contributed by atoms with van der Waals surface area (Å²) >= 11 is 3.26. The van der Waals surface area contributed by atoms with Crippen molar-refractivity contribution in [3.05, 3.63) is 28.2 Å². The molecule has 0 fully saturated rings. The van der Waals surface area contributed by atoms with E-state index in [0.717, 1.165) is 12.0 Å².